The second-order valence-electron chi connectivity index (χ2n) is 5.63. The molecule has 1 aliphatic heterocycles. The molecule has 1 aromatic rings. The van der Waals surface area contributed by atoms with Crippen molar-refractivity contribution in [2.45, 2.75) is 51.1 Å². The third-order valence-corrected chi connectivity index (χ3v) is 4.14. The van der Waals surface area contributed by atoms with Crippen LogP contribution in [-0.2, 0) is 4.79 Å². The van der Waals surface area contributed by atoms with Crippen molar-refractivity contribution < 1.29 is 9.53 Å². The zero-order valence-corrected chi connectivity index (χ0v) is 14.2. The van der Waals surface area contributed by atoms with Gasteiger partial charge in [-0.2, -0.15) is 0 Å². The SMILES string of the molecule is CCC(NC(=O)CCC1CCCN1)c1ccc(OC)cc1.Cl. The van der Waals surface area contributed by atoms with Crippen molar-refractivity contribution >= 4 is 18.3 Å². The Morgan fingerprint density at radius 1 is 1.41 bits per heavy atom. The van der Waals surface area contributed by atoms with E-state index in [0.29, 0.717) is 12.5 Å². The van der Waals surface area contributed by atoms with Crippen molar-refractivity contribution in [1.29, 1.82) is 0 Å². The molecule has 1 amide bonds. The lowest BCUT2D eigenvalue weighted by Crippen LogP contribution is -2.30. The summed E-state index contributed by atoms with van der Waals surface area (Å²) in [6.07, 6.45) is 4.85. The quantitative estimate of drug-likeness (QED) is 0.809. The van der Waals surface area contributed by atoms with E-state index in [-0.39, 0.29) is 24.4 Å². The van der Waals surface area contributed by atoms with Crippen LogP contribution < -0.4 is 15.4 Å². The number of ether oxygens (including phenoxy) is 1. The number of halogens is 1. The molecule has 0 radical (unpaired) electrons. The number of benzene rings is 1. The highest BCUT2D eigenvalue weighted by Crippen LogP contribution is 2.20. The van der Waals surface area contributed by atoms with Gasteiger partial charge in [-0.15, -0.1) is 12.4 Å². The molecule has 124 valence electrons. The van der Waals surface area contributed by atoms with Crippen LogP contribution in [0.4, 0.5) is 0 Å². The molecule has 0 spiro atoms. The van der Waals surface area contributed by atoms with Gasteiger partial charge >= 0.3 is 0 Å². The van der Waals surface area contributed by atoms with Gasteiger partial charge in [-0.3, -0.25) is 4.79 Å². The Labute approximate surface area is 139 Å². The maximum absolute atomic E-state index is 12.1. The Morgan fingerprint density at radius 2 is 2.14 bits per heavy atom. The number of carbonyl (C=O) groups excluding carboxylic acids is 1. The average molecular weight is 327 g/mol. The standard InChI is InChI=1S/C17H26N2O2.ClH/c1-3-16(13-6-9-15(21-2)10-7-13)19-17(20)11-8-14-5-4-12-18-14;/h6-7,9-10,14,16,18H,3-5,8,11-12H2,1-2H3,(H,19,20);1H. The number of rotatable bonds is 7. The molecule has 22 heavy (non-hydrogen) atoms. The number of hydrogen-bond acceptors (Lipinski definition) is 3. The summed E-state index contributed by atoms with van der Waals surface area (Å²) in [6, 6.07) is 8.52. The molecule has 0 bridgehead atoms. The molecule has 4 nitrogen and oxygen atoms in total. The van der Waals surface area contributed by atoms with Crippen LogP contribution in [0.15, 0.2) is 24.3 Å². The Kier molecular flexibility index (Phi) is 8.28. The number of carbonyl (C=O) groups is 1. The molecule has 2 N–H and O–H groups in total. The minimum Gasteiger partial charge on any atom is -0.497 e. The van der Waals surface area contributed by atoms with Gasteiger partial charge in [0.15, 0.2) is 0 Å². The third kappa shape index (κ3) is 5.50. The maximum Gasteiger partial charge on any atom is 0.220 e. The highest BCUT2D eigenvalue weighted by Gasteiger charge is 2.17. The second kappa shape index (κ2) is 9.70. The minimum absolute atomic E-state index is 0. The van der Waals surface area contributed by atoms with Gasteiger partial charge in [0, 0.05) is 12.5 Å². The van der Waals surface area contributed by atoms with Crippen molar-refractivity contribution in [2.75, 3.05) is 13.7 Å². The van der Waals surface area contributed by atoms with Gasteiger partial charge in [0.2, 0.25) is 5.91 Å². The van der Waals surface area contributed by atoms with Crippen LogP contribution in [0.5, 0.6) is 5.75 Å². The fraction of sp³-hybridized carbons (Fsp3) is 0.588. The van der Waals surface area contributed by atoms with E-state index in [9.17, 15) is 4.79 Å². The van der Waals surface area contributed by atoms with Crippen LogP contribution in [0.25, 0.3) is 0 Å². The van der Waals surface area contributed by atoms with E-state index >= 15 is 0 Å². The number of nitrogens with one attached hydrogen (secondary N) is 2. The Bertz CT molecular complexity index is 444. The van der Waals surface area contributed by atoms with Crippen molar-refractivity contribution in [1.82, 2.24) is 10.6 Å². The first-order chi connectivity index (χ1) is 10.2. The van der Waals surface area contributed by atoms with E-state index < -0.39 is 0 Å². The van der Waals surface area contributed by atoms with E-state index in [1.165, 1.54) is 12.8 Å². The topological polar surface area (TPSA) is 50.4 Å². The molecule has 0 aromatic heterocycles. The van der Waals surface area contributed by atoms with Crippen molar-refractivity contribution in [3.8, 4) is 5.75 Å². The van der Waals surface area contributed by atoms with Gasteiger partial charge in [0.05, 0.1) is 13.2 Å². The fourth-order valence-corrected chi connectivity index (χ4v) is 2.83. The smallest absolute Gasteiger partial charge is 0.220 e. The predicted octanol–water partition coefficient (Wildman–Crippen LogP) is 3.22. The van der Waals surface area contributed by atoms with Gasteiger partial charge in [-0.25, -0.2) is 0 Å². The normalized spacial score (nSPS) is 18.4. The predicted molar refractivity (Wildman–Crippen MR) is 91.7 cm³/mol. The number of methoxy groups -OCH3 is 1. The first-order valence-electron chi connectivity index (χ1n) is 7.89. The van der Waals surface area contributed by atoms with Crippen LogP contribution in [0.1, 0.15) is 50.6 Å². The van der Waals surface area contributed by atoms with Gasteiger partial charge in [0.1, 0.15) is 5.75 Å². The first-order valence-corrected chi connectivity index (χ1v) is 7.89. The highest BCUT2D eigenvalue weighted by molar-refractivity contribution is 5.85. The van der Waals surface area contributed by atoms with E-state index in [4.69, 9.17) is 4.74 Å². The summed E-state index contributed by atoms with van der Waals surface area (Å²) in [6.45, 7) is 3.18. The maximum atomic E-state index is 12.1. The molecule has 1 aromatic carbocycles. The largest absolute Gasteiger partial charge is 0.497 e. The molecular weight excluding hydrogens is 300 g/mol. The first kappa shape index (κ1) is 18.8. The summed E-state index contributed by atoms with van der Waals surface area (Å²) >= 11 is 0. The van der Waals surface area contributed by atoms with E-state index in [2.05, 4.69) is 17.6 Å². The van der Waals surface area contributed by atoms with E-state index in [1.807, 2.05) is 24.3 Å². The summed E-state index contributed by atoms with van der Waals surface area (Å²) in [5.41, 5.74) is 1.13. The fourth-order valence-electron chi connectivity index (χ4n) is 2.83. The van der Waals surface area contributed by atoms with Gasteiger partial charge in [0.25, 0.3) is 0 Å². The Hall–Kier alpha value is -1.26. The molecule has 2 rings (SSSR count). The lowest BCUT2D eigenvalue weighted by atomic mass is 10.0. The summed E-state index contributed by atoms with van der Waals surface area (Å²) in [5, 5.41) is 6.57. The average Bonchev–Trinajstić information content (AvgIpc) is 3.04. The van der Waals surface area contributed by atoms with Crippen LogP contribution in [0, 0.1) is 0 Å². The Morgan fingerprint density at radius 3 is 2.68 bits per heavy atom. The lowest BCUT2D eigenvalue weighted by Gasteiger charge is -2.18. The molecule has 2 unspecified atom stereocenters. The lowest BCUT2D eigenvalue weighted by molar-refractivity contribution is -0.122. The zero-order chi connectivity index (χ0) is 15.1. The number of amides is 1. The second-order valence-corrected chi connectivity index (χ2v) is 5.63. The molecule has 1 heterocycles. The van der Waals surface area contributed by atoms with Crippen LogP contribution in [0.3, 0.4) is 0 Å². The van der Waals surface area contributed by atoms with E-state index in [0.717, 1.165) is 30.7 Å². The van der Waals surface area contributed by atoms with Gasteiger partial charge in [-0.05, 0) is 49.9 Å². The molecule has 1 fully saturated rings. The van der Waals surface area contributed by atoms with Crippen molar-refractivity contribution in [2.24, 2.45) is 0 Å². The minimum atomic E-state index is 0. The van der Waals surface area contributed by atoms with Crippen molar-refractivity contribution in [3.05, 3.63) is 29.8 Å². The Balaban J connectivity index is 0.00000242. The molecule has 2 atom stereocenters. The summed E-state index contributed by atoms with van der Waals surface area (Å²) in [7, 11) is 1.66. The summed E-state index contributed by atoms with van der Waals surface area (Å²) in [4.78, 5) is 12.1. The van der Waals surface area contributed by atoms with Crippen LogP contribution in [-0.4, -0.2) is 25.6 Å². The summed E-state index contributed by atoms with van der Waals surface area (Å²) < 4.78 is 5.16. The number of hydrogen-bond donors (Lipinski definition) is 2. The molecule has 0 saturated carbocycles. The molecule has 1 saturated heterocycles. The molecule has 1 aliphatic rings. The third-order valence-electron chi connectivity index (χ3n) is 4.14. The summed E-state index contributed by atoms with van der Waals surface area (Å²) in [5.74, 6) is 0.985. The van der Waals surface area contributed by atoms with Crippen LogP contribution >= 0.6 is 12.4 Å². The monoisotopic (exact) mass is 326 g/mol. The molecular formula is C17H27ClN2O2. The highest BCUT2D eigenvalue weighted by atomic mass is 35.5. The van der Waals surface area contributed by atoms with Gasteiger partial charge in [-0.1, -0.05) is 19.1 Å². The van der Waals surface area contributed by atoms with Crippen LogP contribution in [0.2, 0.25) is 0 Å². The molecule has 5 heteroatoms. The van der Waals surface area contributed by atoms with E-state index in [1.54, 1.807) is 7.11 Å². The molecule has 0 aliphatic carbocycles. The van der Waals surface area contributed by atoms with Gasteiger partial charge < -0.3 is 15.4 Å². The van der Waals surface area contributed by atoms with Crippen molar-refractivity contribution in [3.63, 3.8) is 0 Å². The zero-order valence-electron chi connectivity index (χ0n) is 13.4.